The predicted octanol–water partition coefficient (Wildman–Crippen LogP) is 5.73. The van der Waals surface area contributed by atoms with Gasteiger partial charge in [-0.1, -0.05) is 41.4 Å². The van der Waals surface area contributed by atoms with Crippen molar-refractivity contribution in [2.75, 3.05) is 11.9 Å². The third-order valence-electron chi connectivity index (χ3n) is 4.87. The molecule has 2 amide bonds. The van der Waals surface area contributed by atoms with Crippen LogP contribution in [0.5, 0.6) is 11.5 Å². The lowest BCUT2D eigenvalue weighted by molar-refractivity contribution is -0.137. The van der Waals surface area contributed by atoms with Crippen LogP contribution in [0.4, 0.5) is 18.9 Å². The Bertz CT molecular complexity index is 1310. The minimum Gasteiger partial charge on any atom is -0.490 e. The molecule has 0 saturated carbocycles. The van der Waals surface area contributed by atoms with E-state index in [-0.39, 0.29) is 10.7 Å². The number of rotatable bonds is 8. The molecular formula is C26H23ClF3N3O4. The van der Waals surface area contributed by atoms with Gasteiger partial charge in [0.25, 0.3) is 0 Å². The number of halogens is 4. The fourth-order valence-electron chi connectivity index (χ4n) is 3.15. The Balaban J connectivity index is 1.62. The van der Waals surface area contributed by atoms with Gasteiger partial charge < -0.3 is 14.8 Å². The Morgan fingerprint density at radius 3 is 2.49 bits per heavy atom. The highest BCUT2D eigenvalue weighted by atomic mass is 35.5. The minimum atomic E-state index is -4.64. The van der Waals surface area contributed by atoms with Gasteiger partial charge in [-0.3, -0.25) is 9.59 Å². The first-order valence-electron chi connectivity index (χ1n) is 11.0. The Hall–Kier alpha value is -4.05. The molecule has 0 heterocycles. The molecule has 194 valence electrons. The van der Waals surface area contributed by atoms with E-state index in [1.807, 2.05) is 48.9 Å². The van der Waals surface area contributed by atoms with Crippen molar-refractivity contribution in [3.05, 3.63) is 87.9 Å². The van der Waals surface area contributed by atoms with Gasteiger partial charge in [0, 0.05) is 0 Å². The molecule has 0 aliphatic carbocycles. The lowest BCUT2D eigenvalue weighted by Crippen LogP contribution is -2.32. The SMILES string of the molecule is CCOc1cc(C=NNC(=O)C(=O)Nc2cc(C(F)(F)F)ccc2Cl)ccc1OCc1cccc(C)c1. The molecule has 0 unspecified atom stereocenters. The van der Waals surface area contributed by atoms with E-state index in [2.05, 4.69) is 5.10 Å². The quantitative estimate of drug-likeness (QED) is 0.220. The number of anilines is 1. The molecule has 0 atom stereocenters. The molecule has 3 aromatic rings. The number of hydrazone groups is 1. The van der Waals surface area contributed by atoms with Crippen LogP contribution in [0.2, 0.25) is 5.02 Å². The number of hydrogen-bond donors (Lipinski definition) is 2. The molecule has 2 N–H and O–H groups in total. The van der Waals surface area contributed by atoms with Crippen LogP contribution < -0.4 is 20.2 Å². The zero-order chi connectivity index (χ0) is 27.0. The van der Waals surface area contributed by atoms with Crippen LogP contribution >= 0.6 is 11.6 Å². The van der Waals surface area contributed by atoms with Crippen LogP contribution in [0, 0.1) is 6.92 Å². The molecule has 0 bridgehead atoms. The van der Waals surface area contributed by atoms with Gasteiger partial charge in [-0.2, -0.15) is 18.3 Å². The van der Waals surface area contributed by atoms with E-state index in [1.165, 1.54) is 6.21 Å². The first kappa shape index (κ1) is 27.5. The monoisotopic (exact) mass is 533 g/mol. The highest BCUT2D eigenvalue weighted by Crippen LogP contribution is 2.34. The highest BCUT2D eigenvalue weighted by molar-refractivity contribution is 6.41. The van der Waals surface area contributed by atoms with Gasteiger partial charge >= 0.3 is 18.0 Å². The molecule has 3 aromatic carbocycles. The highest BCUT2D eigenvalue weighted by Gasteiger charge is 2.31. The predicted molar refractivity (Wildman–Crippen MR) is 134 cm³/mol. The Morgan fingerprint density at radius 1 is 1.00 bits per heavy atom. The van der Waals surface area contributed by atoms with Crippen molar-refractivity contribution < 1.29 is 32.2 Å². The van der Waals surface area contributed by atoms with Gasteiger partial charge in [-0.25, -0.2) is 5.43 Å². The normalized spacial score (nSPS) is 11.3. The number of aryl methyl sites for hydroxylation is 1. The summed E-state index contributed by atoms with van der Waals surface area (Å²) in [6, 6.07) is 15.3. The summed E-state index contributed by atoms with van der Waals surface area (Å²) in [6.07, 6.45) is -3.37. The standard InChI is InChI=1S/C26H23ClF3N3O4/c1-3-36-23-12-17(7-10-22(23)37-15-18-6-4-5-16(2)11-18)14-31-33-25(35)24(34)32-21-13-19(26(28,29)30)8-9-20(21)27/h4-14H,3,15H2,1-2H3,(H,32,34)(H,33,35). The number of carbonyl (C=O) groups excluding carboxylic acids is 2. The van der Waals surface area contributed by atoms with Gasteiger partial charge in [0.2, 0.25) is 0 Å². The summed E-state index contributed by atoms with van der Waals surface area (Å²) in [6.45, 7) is 4.54. The van der Waals surface area contributed by atoms with Gasteiger partial charge in [0.15, 0.2) is 11.5 Å². The van der Waals surface area contributed by atoms with E-state index in [4.69, 9.17) is 21.1 Å². The van der Waals surface area contributed by atoms with E-state index >= 15 is 0 Å². The molecule has 0 aliphatic rings. The second kappa shape index (κ2) is 12.3. The van der Waals surface area contributed by atoms with E-state index in [1.54, 1.807) is 18.2 Å². The number of ether oxygens (including phenoxy) is 2. The summed E-state index contributed by atoms with van der Waals surface area (Å²) in [5, 5.41) is 5.60. The summed E-state index contributed by atoms with van der Waals surface area (Å²) in [7, 11) is 0. The number of hydrogen-bond acceptors (Lipinski definition) is 5. The molecule has 0 fully saturated rings. The first-order chi connectivity index (χ1) is 17.6. The number of amides is 2. The van der Waals surface area contributed by atoms with Crippen LogP contribution in [-0.4, -0.2) is 24.6 Å². The van der Waals surface area contributed by atoms with Gasteiger partial charge in [-0.05, 0) is 61.4 Å². The van der Waals surface area contributed by atoms with Gasteiger partial charge in [-0.15, -0.1) is 0 Å². The Kier molecular flexibility index (Phi) is 9.13. The van der Waals surface area contributed by atoms with Crippen LogP contribution in [0.1, 0.15) is 29.2 Å². The molecule has 0 radical (unpaired) electrons. The molecule has 0 spiro atoms. The second-order valence-electron chi connectivity index (χ2n) is 7.76. The third kappa shape index (κ3) is 7.97. The second-order valence-corrected chi connectivity index (χ2v) is 8.17. The van der Waals surface area contributed by atoms with Crippen LogP contribution in [0.25, 0.3) is 0 Å². The van der Waals surface area contributed by atoms with Crippen molar-refractivity contribution in [3.63, 3.8) is 0 Å². The maximum Gasteiger partial charge on any atom is 0.416 e. The summed E-state index contributed by atoms with van der Waals surface area (Å²) in [5.41, 5.74) is 3.28. The molecule has 37 heavy (non-hydrogen) atoms. The summed E-state index contributed by atoms with van der Waals surface area (Å²) < 4.78 is 50.2. The van der Waals surface area contributed by atoms with Crippen LogP contribution in [0.15, 0.2) is 65.8 Å². The van der Waals surface area contributed by atoms with E-state index in [0.717, 1.165) is 23.3 Å². The zero-order valence-corrected chi connectivity index (χ0v) is 20.6. The number of carbonyl (C=O) groups is 2. The molecule has 7 nitrogen and oxygen atoms in total. The van der Waals surface area contributed by atoms with Crippen LogP contribution in [-0.2, 0) is 22.4 Å². The number of nitrogens with one attached hydrogen (secondary N) is 2. The smallest absolute Gasteiger partial charge is 0.416 e. The fraction of sp³-hybridized carbons (Fsp3) is 0.192. The largest absolute Gasteiger partial charge is 0.490 e. The lowest BCUT2D eigenvalue weighted by Gasteiger charge is -2.13. The van der Waals surface area contributed by atoms with Gasteiger partial charge in [0.1, 0.15) is 6.61 Å². The van der Waals surface area contributed by atoms with Crippen molar-refractivity contribution in [3.8, 4) is 11.5 Å². The molecule has 3 rings (SSSR count). The van der Waals surface area contributed by atoms with Crippen LogP contribution in [0.3, 0.4) is 0 Å². The number of alkyl halides is 3. The average molecular weight is 534 g/mol. The maximum atomic E-state index is 12.9. The minimum absolute atomic E-state index is 0.161. The van der Waals surface area contributed by atoms with Crippen molar-refractivity contribution >= 4 is 35.3 Å². The molecule has 0 aliphatic heterocycles. The van der Waals surface area contributed by atoms with E-state index in [0.29, 0.717) is 36.3 Å². The Labute approximate surface area is 216 Å². The lowest BCUT2D eigenvalue weighted by atomic mass is 10.1. The number of nitrogens with zero attached hydrogens (tertiary/aromatic N) is 1. The number of benzene rings is 3. The van der Waals surface area contributed by atoms with Crippen molar-refractivity contribution in [1.82, 2.24) is 5.43 Å². The summed E-state index contributed by atoms with van der Waals surface area (Å²) in [4.78, 5) is 24.1. The molecule has 11 heteroatoms. The fourth-order valence-corrected chi connectivity index (χ4v) is 3.31. The topological polar surface area (TPSA) is 89.0 Å². The van der Waals surface area contributed by atoms with Crippen molar-refractivity contribution in [2.45, 2.75) is 26.6 Å². The average Bonchev–Trinajstić information content (AvgIpc) is 2.84. The van der Waals surface area contributed by atoms with Crippen molar-refractivity contribution in [1.29, 1.82) is 0 Å². The van der Waals surface area contributed by atoms with Crippen molar-refractivity contribution in [2.24, 2.45) is 5.10 Å². The molecule has 0 aromatic heterocycles. The molecular weight excluding hydrogens is 511 g/mol. The first-order valence-corrected chi connectivity index (χ1v) is 11.4. The zero-order valence-electron chi connectivity index (χ0n) is 19.9. The molecule has 0 saturated heterocycles. The Morgan fingerprint density at radius 2 is 1.78 bits per heavy atom. The maximum absolute atomic E-state index is 12.9. The van der Waals surface area contributed by atoms with Gasteiger partial charge in [0.05, 0.1) is 29.1 Å². The summed E-state index contributed by atoms with van der Waals surface area (Å²) in [5.74, 6) is -1.47. The van der Waals surface area contributed by atoms with E-state index in [9.17, 15) is 22.8 Å². The third-order valence-corrected chi connectivity index (χ3v) is 5.20. The summed E-state index contributed by atoms with van der Waals surface area (Å²) >= 11 is 5.83. The van der Waals surface area contributed by atoms with E-state index < -0.39 is 23.6 Å².